The first-order chi connectivity index (χ1) is 36.6. The molecule has 4 aliphatic rings. The summed E-state index contributed by atoms with van der Waals surface area (Å²) in [5, 5.41) is 7.75. The van der Waals surface area contributed by atoms with Gasteiger partial charge in [0.25, 0.3) is 6.71 Å². The fourth-order valence-electron chi connectivity index (χ4n) is 14.6. The van der Waals surface area contributed by atoms with E-state index < -0.39 is 5.89 Å². The first kappa shape index (κ1) is 39.7. The molecule has 11 aromatic carbocycles. The first-order valence-corrected chi connectivity index (χ1v) is 26.2. The number of anilines is 3. The fourth-order valence-corrected chi connectivity index (χ4v) is 14.6. The summed E-state index contributed by atoms with van der Waals surface area (Å²) in [5.74, 6) is -0.810. The van der Waals surface area contributed by atoms with E-state index in [0.29, 0.717) is 0 Å². The summed E-state index contributed by atoms with van der Waals surface area (Å²) in [6, 6.07) is 80.1. The Morgan fingerprint density at radius 3 is 1.92 bits per heavy atom. The van der Waals surface area contributed by atoms with Crippen LogP contribution in [0.4, 0.5) is 17.1 Å². The molecule has 4 heterocycles. The fraction of sp³-hybridized carbons (Fsp3) is 0.0857. The number of hydrogen-bond donors (Lipinski definition) is 0. The van der Waals surface area contributed by atoms with Crippen LogP contribution in [0.15, 0.2) is 212 Å². The van der Waals surface area contributed by atoms with E-state index in [2.05, 4.69) is 240 Å². The van der Waals surface area contributed by atoms with Gasteiger partial charge in [0.05, 0.1) is 22.2 Å². The second kappa shape index (κ2) is 14.2. The van der Waals surface area contributed by atoms with Gasteiger partial charge in [-0.3, -0.25) is 0 Å². The Morgan fingerprint density at radius 1 is 0.446 bits per heavy atom. The van der Waals surface area contributed by atoms with Crippen LogP contribution in [0.1, 0.15) is 51.7 Å². The zero-order valence-corrected chi connectivity index (χ0v) is 41.6. The van der Waals surface area contributed by atoms with Crippen molar-refractivity contribution >= 4 is 94.5 Å². The molecule has 0 radical (unpaired) electrons. The minimum atomic E-state index is -0.810. The zero-order valence-electron chi connectivity index (χ0n) is 42.6. The molecule has 0 N–H and O–H groups in total. The predicted molar refractivity (Wildman–Crippen MR) is 313 cm³/mol. The van der Waals surface area contributed by atoms with Gasteiger partial charge in [0.2, 0.25) is 0 Å². The van der Waals surface area contributed by atoms with Crippen LogP contribution in [0, 0.1) is 0 Å². The molecule has 2 aromatic heterocycles. The zero-order chi connectivity index (χ0) is 49.8. The lowest BCUT2D eigenvalue weighted by Gasteiger charge is -2.41. The second-order valence-corrected chi connectivity index (χ2v) is 21.9. The van der Waals surface area contributed by atoms with Crippen LogP contribution in [-0.2, 0) is 5.41 Å². The van der Waals surface area contributed by atoms with Gasteiger partial charge in [-0.05, 0) is 149 Å². The minimum Gasteiger partial charge on any atom is -0.311 e. The van der Waals surface area contributed by atoms with Gasteiger partial charge in [-0.15, -0.1) is 0 Å². The summed E-state index contributed by atoms with van der Waals surface area (Å²) >= 11 is 0. The van der Waals surface area contributed by atoms with Gasteiger partial charge in [-0.25, -0.2) is 0 Å². The molecule has 17 rings (SSSR count). The highest BCUT2D eigenvalue weighted by atomic mass is 15.2. The third kappa shape index (κ3) is 5.03. The predicted octanol–water partition coefficient (Wildman–Crippen LogP) is 16.4. The van der Waals surface area contributed by atoms with Crippen LogP contribution in [0.2, 0.25) is 0 Å². The molecule has 3 nitrogen and oxygen atoms in total. The van der Waals surface area contributed by atoms with Crippen molar-refractivity contribution in [2.45, 2.75) is 39.0 Å². The number of hydrogen-bond acceptors (Lipinski definition) is 1. The van der Waals surface area contributed by atoms with Gasteiger partial charge >= 0.3 is 0 Å². The van der Waals surface area contributed by atoms with Crippen LogP contribution in [0.5, 0.6) is 0 Å². The largest absolute Gasteiger partial charge is 0.311 e. The van der Waals surface area contributed by atoms with Crippen LogP contribution in [0.25, 0.3) is 110 Å². The first-order valence-electron chi connectivity index (χ1n) is 26.7. The lowest BCUT2D eigenvalue weighted by Crippen LogP contribution is -2.60. The maximum Gasteiger partial charge on any atom is 0.252 e. The number of fused-ring (bicyclic) bond motifs is 14. The van der Waals surface area contributed by atoms with Crippen molar-refractivity contribution in [3.05, 3.63) is 229 Å². The molecule has 2 aliphatic carbocycles. The molecule has 0 atom stereocenters. The molecular formula is C70H48BN3. The molecule has 0 bridgehead atoms. The molecular weight excluding hydrogens is 894 g/mol. The quantitative estimate of drug-likeness (QED) is 0.160. The average molecular weight is 943 g/mol. The summed E-state index contributed by atoms with van der Waals surface area (Å²) in [6.45, 7) is 8.79. The Hall–Kier alpha value is -8.86. The molecule has 0 saturated carbocycles. The summed E-state index contributed by atoms with van der Waals surface area (Å²) in [5.41, 5.74) is 28.1. The van der Waals surface area contributed by atoms with Gasteiger partial charge in [0.15, 0.2) is 0 Å². The van der Waals surface area contributed by atoms with Gasteiger partial charge < -0.3 is 14.0 Å². The Labute approximate surface area is 431 Å². The topological polar surface area (TPSA) is 13.1 Å². The smallest absolute Gasteiger partial charge is 0.252 e. The average Bonchev–Trinajstić information content (AvgIpc) is 4.03. The molecule has 0 saturated heterocycles. The molecule has 4 heteroatoms. The summed E-state index contributed by atoms with van der Waals surface area (Å²) in [6.07, 6.45) is 0. The molecule has 0 amide bonds. The van der Waals surface area contributed by atoms with Crippen molar-refractivity contribution in [3.8, 4) is 55.9 Å². The van der Waals surface area contributed by atoms with Crippen molar-refractivity contribution in [1.29, 1.82) is 0 Å². The monoisotopic (exact) mass is 942 g/mol. The molecule has 0 spiro atoms. The Kier molecular flexibility index (Phi) is 7.63. The highest BCUT2D eigenvalue weighted by molar-refractivity contribution is 7.00. The Balaban J connectivity index is 1.07. The highest BCUT2D eigenvalue weighted by Gasteiger charge is 2.46. The number of aromatic nitrogens is 2. The third-order valence-corrected chi connectivity index (χ3v) is 17.6. The summed E-state index contributed by atoms with van der Waals surface area (Å²) in [4.78, 5) is 2.52. The van der Waals surface area contributed by atoms with Gasteiger partial charge in [0.1, 0.15) is 0 Å². The third-order valence-electron chi connectivity index (χ3n) is 17.6. The van der Waals surface area contributed by atoms with Crippen LogP contribution in [0.3, 0.4) is 0 Å². The van der Waals surface area contributed by atoms with Crippen molar-refractivity contribution in [2.75, 3.05) is 4.90 Å². The number of para-hydroxylation sites is 1. The summed E-state index contributed by atoms with van der Waals surface area (Å²) in [7, 11) is 0. The van der Waals surface area contributed by atoms with Crippen LogP contribution >= 0.6 is 0 Å². The number of nitrogens with zero attached hydrogens (tertiary/aromatic N) is 3. The van der Waals surface area contributed by atoms with Crippen LogP contribution < -0.4 is 21.3 Å². The van der Waals surface area contributed by atoms with Gasteiger partial charge in [-0.1, -0.05) is 185 Å². The van der Waals surface area contributed by atoms with E-state index in [1.165, 1.54) is 132 Å². The van der Waals surface area contributed by atoms with E-state index in [4.69, 9.17) is 0 Å². The van der Waals surface area contributed by atoms with E-state index in [1.807, 2.05) is 13.8 Å². The van der Waals surface area contributed by atoms with E-state index in [0.717, 1.165) is 28.3 Å². The maximum atomic E-state index is 9.49. The van der Waals surface area contributed by atoms with Gasteiger partial charge in [0, 0.05) is 56.6 Å². The van der Waals surface area contributed by atoms with Crippen molar-refractivity contribution in [2.24, 2.45) is 0 Å². The van der Waals surface area contributed by atoms with Crippen molar-refractivity contribution in [1.82, 2.24) is 9.13 Å². The molecule has 0 fully saturated rings. The molecule has 13 aromatic rings. The second-order valence-electron chi connectivity index (χ2n) is 21.9. The van der Waals surface area contributed by atoms with E-state index >= 15 is 0 Å². The van der Waals surface area contributed by atoms with Crippen molar-refractivity contribution in [3.63, 3.8) is 0 Å². The lowest BCUT2D eigenvalue weighted by atomic mass is 9.33. The van der Waals surface area contributed by atoms with Crippen LogP contribution in [-0.4, -0.2) is 15.8 Å². The molecule has 346 valence electrons. The number of rotatable bonds is 4. The number of benzene rings is 11. The maximum absolute atomic E-state index is 9.49. The molecule has 2 aliphatic heterocycles. The Morgan fingerprint density at radius 2 is 1.12 bits per heavy atom. The summed E-state index contributed by atoms with van der Waals surface area (Å²) < 4.78 is 14.7. The standard InChI is InChI=1S/C70H48BN3/c1-40(2)43-30-33-58-55(36-43)71-56-39-52-49-24-13-14-27-54(49)70(3,4)67(52)65-53-35-44(41-17-7-5-8-18-41)31-32-57(53)74(69(56)65)62-38-46(37-61(68(62)71)72(58)45-20-9-6-10-21-45)73-59-28-16-26-51-48-23-12-11-22-47(48)50-25-15-19-42-29-34-60(73)66(63(42)50)64(51)59/h5-40H,1-4H3/i40D. The van der Waals surface area contributed by atoms with E-state index in [1.54, 1.807) is 0 Å². The highest BCUT2D eigenvalue weighted by Crippen LogP contribution is 2.55. The minimum absolute atomic E-state index is 0.131. The lowest BCUT2D eigenvalue weighted by molar-refractivity contribution is 0.666. The van der Waals surface area contributed by atoms with E-state index in [-0.39, 0.29) is 12.1 Å². The molecule has 74 heavy (non-hydrogen) atoms. The van der Waals surface area contributed by atoms with E-state index in [9.17, 15) is 1.37 Å². The Bertz CT molecular complexity index is 4720. The van der Waals surface area contributed by atoms with Crippen molar-refractivity contribution < 1.29 is 1.37 Å². The SMILES string of the molecule is [2H]C(C)(C)c1ccc2c(c1)B1c3c(cc(-n4c5cccc6c5c5c7c(cccc7ccc54)-c4ccccc4-6)cc3-n3c4ccc(-c5ccccc5)cc4c4c5c(cc1c43)-c1ccccc1C5(C)C)N2c1ccccc1. The normalized spacial score (nSPS) is 14.5. The molecule has 0 unspecified atom stereocenters. The van der Waals surface area contributed by atoms with Gasteiger partial charge in [-0.2, -0.15) is 0 Å².